The van der Waals surface area contributed by atoms with Crippen LogP contribution in [0.2, 0.25) is 0 Å². The maximum atomic E-state index is 13.0. The second-order valence-electron chi connectivity index (χ2n) is 3.37. The monoisotopic (exact) mass is 236 g/mol. The van der Waals surface area contributed by atoms with Crippen molar-refractivity contribution in [2.75, 3.05) is 6.61 Å². The molecule has 1 aromatic carbocycles. The molecule has 0 radical (unpaired) electrons. The Morgan fingerprint density at radius 1 is 1.41 bits per heavy atom. The Labute approximate surface area is 98.9 Å². The zero-order valence-corrected chi connectivity index (χ0v) is 9.70. The minimum atomic E-state index is -0.522. The number of ketones is 1. The van der Waals surface area contributed by atoms with Crippen molar-refractivity contribution >= 4 is 17.8 Å². The molecule has 1 aromatic rings. The highest BCUT2D eigenvalue weighted by atomic mass is 19.1. The summed E-state index contributed by atoms with van der Waals surface area (Å²) in [6.07, 6.45) is 2.54. The summed E-state index contributed by atoms with van der Waals surface area (Å²) in [5.41, 5.74) is 0.734. The first-order valence-corrected chi connectivity index (χ1v) is 5.20. The average molecular weight is 236 g/mol. The second kappa shape index (κ2) is 5.94. The molecule has 0 fully saturated rings. The van der Waals surface area contributed by atoms with E-state index < -0.39 is 11.8 Å². The molecule has 4 heteroatoms. The van der Waals surface area contributed by atoms with Crippen LogP contribution in [0.3, 0.4) is 0 Å². The normalized spacial score (nSPS) is 10.5. The minimum absolute atomic E-state index is 0.187. The summed E-state index contributed by atoms with van der Waals surface area (Å²) in [4.78, 5) is 22.4. The molecule has 0 heterocycles. The molecule has 0 spiro atoms. The topological polar surface area (TPSA) is 43.4 Å². The van der Waals surface area contributed by atoms with E-state index in [0.717, 1.165) is 0 Å². The summed E-state index contributed by atoms with van der Waals surface area (Å²) < 4.78 is 17.7. The molecule has 90 valence electrons. The first-order chi connectivity index (χ1) is 8.04. The Hall–Kier alpha value is -1.97. The summed E-state index contributed by atoms with van der Waals surface area (Å²) in [5.74, 6) is -1.17. The summed E-state index contributed by atoms with van der Waals surface area (Å²) in [7, 11) is 0. The first kappa shape index (κ1) is 13.1. The number of esters is 1. The Morgan fingerprint density at radius 3 is 2.71 bits per heavy atom. The van der Waals surface area contributed by atoms with Crippen molar-refractivity contribution in [3.8, 4) is 0 Å². The molecule has 0 aliphatic heterocycles. The summed E-state index contributed by atoms with van der Waals surface area (Å²) in [6, 6.07) is 3.80. The molecular weight excluding hydrogens is 223 g/mol. The lowest BCUT2D eigenvalue weighted by Gasteiger charge is -2.02. The Morgan fingerprint density at radius 2 is 2.12 bits per heavy atom. The van der Waals surface area contributed by atoms with Crippen LogP contribution in [0.1, 0.15) is 29.8 Å². The number of hydrogen-bond acceptors (Lipinski definition) is 3. The zero-order valence-electron chi connectivity index (χ0n) is 9.70. The fourth-order valence-corrected chi connectivity index (χ4v) is 1.34. The van der Waals surface area contributed by atoms with Crippen LogP contribution in [0.4, 0.5) is 4.39 Å². The van der Waals surface area contributed by atoms with E-state index in [0.29, 0.717) is 11.1 Å². The number of benzene rings is 1. The fourth-order valence-electron chi connectivity index (χ4n) is 1.34. The van der Waals surface area contributed by atoms with E-state index in [9.17, 15) is 14.0 Å². The zero-order chi connectivity index (χ0) is 12.8. The van der Waals surface area contributed by atoms with Crippen LogP contribution >= 0.6 is 0 Å². The first-order valence-electron chi connectivity index (χ1n) is 5.20. The lowest BCUT2D eigenvalue weighted by molar-refractivity contribution is -0.137. The molecule has 0 unspecified atom stereocenters. The van der Waals surface area contributed by atoms with Gasteiger partial charge in [0.15, 0.2) is 5.78 Å². The summed E-state index contributed by atoms with van der Waals surface area (Å²) in [5, 5.41) is 0. The van der Waals surface area contributed by atoms with E-state index in [2.05, 4.69) is 4.74 Å². The number of rotatable bonds is 4. The van der Waals surface area contributed by atoms with Gasteiger partial charge in [0.1, 0.15) is 5.82 Å². The van der Waals surface area contributed by atoms with Crippen LogP contribution in [0.15, 0.2) is 24.3 Å². The predicted molar refractivity (Wildman–Crippen MR) is 62.1 cm³/mol. The van der Waals surface area contributed by atoms with Crippen LogP contribution in [0, 0.1) is 5.82 Å². The third-order valence-electron chi connectivity index (χ3n) is 2.08. The van der Waals surface area contributed by atoms with Gasteiger partial charge in [0, 0.05) is 11.6 Å². The number of hydrogen-bond donors (Lipinski definition) is 0. The fraction of sp³-hybridized carbons (Fsp3) is 0.231. The predicted octanol–water partition coefficient (Wildman–Crippen LogP) is 2.60. The molecular formula is C13H13FO3. The van der Waals surface area contributed by atoms with Crippen LogP contribution in [0.5, 0.6) is 0 Å². The lowest BCUT2D eigenvalue weighted by Crippen LogP contribution is -2.00. The molecule has 0 N–H and O–H groups in total. The average Bonchev–Trinajstić information content (AvgIpc) is 2.26. The largest absolute Gasteiger partial charge is 0.463 e. The molecule has 0 atom stereocenters. The molecule has 0 aliphatic carbocycles. The highest BCUT2D eigenvalue weighted by Gasteiger charge is 2.06. The molecule has 0 bridgehead atoms. The maximum absolute atomic E-state index is 13.0. The second-order valence-corrected chi connectivity index (χ2v) is 3.37. The van der Waals surface area contributed by atoms with Crippen LogP contribution < -0.4 is 0 Å². The number of halogens is 1. The van der Waals surface area contributed by atoms with Gasteiger partial charge >= 0.3 is 5.97 Å². The van der Waals surface area contributed by atoms with Crippen molar-refractivity contribution in [2.45, 2.75) is 13.8 Å². The van der Waals surface area contributed by atoms with Crippen molar-refractivity contribution in [3.05, 3.63) is 41.2 Å². The van der Waals surface area contributed by atoms with E-state index >= 15 is 0 Å². The van der Waals surface area contributed by atoms with Gasteiger partial charge in [-0.1, -0.05) is 0 Å². The van der Waals surface area contributed by atoms with E-state index in [1.807, 2.05) is 0 Å². The maximum Gasteiger partial charge on any atom is 0.330 e. The Bertz CT molecular complexity index is 464. The van der Waals surface area contributed by atoms with Gasteiger partial charge in [-0.05, 0) is 43.7 Å². The number of ether oxygens (including phenoxy) is 1. The van der Waals surface area contributed by atoms with Crippen LogP contribution in [-0.4, -0.2) is 18.4 Å². The SMILES string of the molecule is CCOC(=O)C=Cc1cc(F)ccc1C(C)=O. The quantitative estimate of drug-likeness (QED) is 0.458. The van der Waals surface area contributed by atoms with Crippen molar-refractivity contribution in [1.82, 2.24) is 0 Å². The number of carbonyl (C=O) groups excluding carboxylic acids is 2. The van der Waals surface area contributed by atoms with Gasteiger partial charge in [0.05, 0.1) is 6.61 Å². The molecule has 0 amide bonds. The molecule has 0 aromatic heterocycles. The molecule has 1 rings (SSSR count). The van der Waals surface area contributed by atoms with E-state index in [1.54, 1.807) is 6.92 Å². The van der Waals surface area contributed by atoms with Crippen molar-refractivity contribution in [1.29, 1.82) is 0 Å². The third kappa shape index (κ3) is 3.83. The van der Waals surface area contributed by atoms with Crippen molar-refractivity contribution < 1.29 is 18.7 Å². The highest BCUT2D eigenvalue weighted by Crippen LogP contribution is 2.14. The van der Waals surface area contributed by atoms with Gasteiger partial charge in [-0.3, -0.25) is 4.79 Å². The van der Waals surface area contributed by atoms with Gasteiger partial charge in [-0.2, -0.15) is 0 Å². The van der Waals surface area contributed by atoms with Crippen molar-refractivity contribution in [2.24, 2.45) is 0 Å². The third-order valence-corrected chi connectivity index (χ3v) is 2.08. The van der Waals surface area contributed by atoms with Gasteiger partial charge in [0.2, 0.25) is 0 Å². The Balaban J connectivity index is 3.00. The lowest BCUT2D eigenvalue weighted by atomic mass is 10.0. The van der Waals surface area contributed by atoms with E-state index in [4.69, 9.17) is 0 Å². The summed E-state index contributed by atoms with van der Waals surface area (Å²) >= 11 is 0. The molecule has 0 saturated carbocycles. The van der Waals surface area contributed by atoms with Gasteiger partial charge in [-0.15, -0.1) is 0 Å². The number of Topliss-reactive ketones (excluding diaryl/α,β-unsaturated/α-hetero) is 1. The molecule has 0 saturated heterocycles. The number of carbonyl (C=O) groups is 2. The van der Waals surface area contributed by atoms with E-state index in [-0.39, 0.29) is 12.4 Å². The summed E-state index contributed by atoms with van der Waals surface area (Å²) in [6.45, 7) is 3.34. The Kier molecular flexibility index (Phi) is 4.57. The molecule has 0 aliphatic rings. The molecule has 17 heavy (non-hydrogen) atoms. The highest BCUT2D eigenvalue weighted by molar-refractivity contribution is 5.99. The minimum Gasteiger partial charge on any atom is -0.463 e. The van der Waals surface area contributed by atoms with Gasteiger partial charge in [0.25, 0.3) is 0 Å². The van der Waals surface area contributed by atoms with E-state index in [1.165, 1.54) is 37.3 Å². The van der Waals surface area contributed by atoms with Gasteiger partial charge in [-0.25, -0.2) is 9.18 Å². The van der Waals surface area contributed by atoms with Crippen molar-refractivity contribution in [3.63, 3.8) is 0 Å². The van der Waals surface area contributed by atoms with Crippen LogP contribution in [-0.2, 0) is 9.53 Å². The smallest absolute Gasteiger partial charge is 0.330 e. The standard InChI is InChI=1S/C13H13FO3/c1-3-17-13(16)7-4-10-8-11(14)5-6-12(10)9(2)15/h4-8H,3H2,1-2H3. The van der Waals surface area contributed by atoms with Crippen LogP contribution in [0.25, 0.3) is 6.08 Å². The molecule has 3 nitrogen and oxygen atoms in total. The van der Waals surface area contributed by atoms with Gasteiger partial charge < -0.3 is 4.74 Å².